The van der Waals surface area contributed by atoms with Crippen molar-refractivity contribution in [1.29, 1.82) is 5.26 Å². The molecule has 1 saturated carbocycles. The minimum Gasteiger partial charge on any atom is -0.339 e. The second-order valence-electron chi connectivity index (χ2n) is 7.31. The van der Waals surface area contributed by atoms with Crippen molar-refractivity contribution in [3.63, 3.8) is 0 Å². The summed E-state index contributed by atoms with van der Waals surface area (Å²) in [6.07, 6.45) is 0.796. The Bertz CT molecular complexity index is 943. The van der Waals surface area contributed by atoms with Crippen LogP contribution in [0.15, 0.2) is 48.5 Å². The SMILES string of the molecule is N#Cc1cccc(C(=O)N2CCN(C(=O)C3CC3c3ccc(F)cc3)CC2)c1. The van der Waals surface area contributed by atoms with Crippen molar-refractivity contribution in [1.82, 2.24) is 9.80 Å². The third-order valence-electron chi connectivity index (χ3n) is 5.52. The number of hydrogen-bond acceptors (Lipinski definition) is 3. The quantitative estimate of drug-likeness (QED) is 0.826. The van der Waals surface area contributed by atoms with E-state index in [9.17, 15) is 14.0 Å². The Morgan fingerprint density at radius 2 is 1.68 bits per heavy atom. The number of hydrogen-bond donors (Lipinski definition) is 0. The van der Waals surface area contributed by atoms with Crippen molar-refractivity contribution in [2.24, 2.45) is 5.92 Å². The summed E-state index contributed by atoms with van der Waals surface area (Å²) in [5.74, 6) is -0.136. The molecule has 0 bridgehead atoms. The number of rotatable bonds is 3. The molecule has 6 heteroatoms. The van der Waals surface area contributed by atoms with Gasteiger partial charge in [0.15, 0.2) is 0 Å². The van der Waals surface area contributed by atoms with Crippen LogP contribution in [0.4, 0.5) is 4.39 Å². The third-order valence-corrected chi connectivity index (χ3v) is 5.52. The van der Waals surface area contributed by atoms with E-state index in [1.165, 1.54) is 12.1 Å². The van der Waals surface area contributed by atoms with Gasteiger partial charge in [-0.1, -0.05) is 18.2 Å². The molecule has 0 spiro atoms. The molecule has 2 fully saturated rings. The minimum absolute atomic E-state index is 0.0416. The smallest absolute Gasteiger partial charge is 0.254 e. The Kier molecular flexibility index (Phi) is 4.82. The predicted molar refractivity (Wildman–Crippen MR) is 101 cm³/mol. The molecule has 1 aliphatic heterocycles. The van der Waals surface area contributed by atoms with E-state index in [4.69, 9.17) is 5.26 Å². The first-order valence-electron chi connectivity index (χ1n) is 9.40. The lowest BCUT2D eigenvalue weighted by Gasteiger charge is -2.35. The van der Waals surface area contributed by atoms with Crippen LogP contribution in [0.1, 0.15) is 33.8 Å². The Labute approximate surface area is 163 Å². The maximum absolute atomic E-state index is 13.1. The summed E-state index contributed by atoms with van der Waals surface area (Å²) in [6.45, 7) is 1.98. The van der Waals surface area contributed by atoms with Crippen molar-refractivity contribution in [2.75, 3.05) is 26.2 Å². The zero-order valence-corrected chi connectivity index (χ0v) is 15.3. The molecular formula is C22H20FN3O2. The Hall–Kier alpha value is -3.20. The van der Waals surface area contributed by atoms with Crippen LogP contribution < -0.4 is 0 Å². The van der Waals surface area contributed by atoms with Gasteiger partial charge in [0.1, 0.15) is 5.82 Å². The van der Waals surface area contributed by atoms with Crippen LogP contribution in [0, 0.1) is 23.1 Å². The molecule has 2 aliphatic rings. The summed E-state index contributed by atoms with van der Waals surface area (Å²) >= 11 is 0. The van der Waals surface area contributed by atoms with Crippen LogP contribution in [0.3, 0.4) is 0 Å². The largest absolute Gasteiger partial charge is 0.339 e. The van der Waals surface area contributed by atoms with E-state index in [-0.39, 0.29) is 29.5 Å². The van der Waals surface area contributed by atoms with Gasteiger partial charge in [0.05, 0.1) is 11.6 Å². The van der Waals surface area contributed by atoms with Crippen molar-refractivity contribution >= 4 is 11.8 Å². The standard InChI is InChI=1S/C22H20FN3O2/c23-18-6-4-16(5-7-18)19-13-20(19)22(28)26-10-8-25(9-11-26)21(27)17-3-1-2-15(12-17)14-24/h1-7,12,19-20H,8-11,13H2. The molecular weight excluding hydrogens is 357 g/mol. The highest BCUT2D eigenvalue weighted by atomic mass is 19.1. The fourth-order valence-corrected chi connectivity index (χ4v) is 3.82. The highest BCUT2D eigenvalue weighted by Gasteiger charge is 2.46. The molecule has 28 heavy (non-hydrogen) atoms. The number of nitrogens with zero attached hydrogens (tertiary/aromatic N) is 3. The van der Waals surface area contributed by atoms with Gasteiger partial charge in [0.25, 0.3) is 5.91 Å². The van der Waals surface area contributed by atoms with E-state index in [2.05, 4.69) is 0 Å². The Balaban J connectivity index is 1.33. The number of carbonyl (C=O) groups excluding carboxylic acids is 2. The van der Waals surface area contributed by atoms with E-state index >= 15 is 0 Å². The van der Waals surface area contributed by atoms with Crippen LogP contribution in [-0.4, -0.2) is 47.8 Å². The van der Waals surface area contributed by atoms with Gasteiger partial charge < -0.3 is 9.80 Å². The van der Waals surface area contributed by atoms with Crippen LogP contribution in [0.2, 0.25) is 0 Å². The highest BCUT2D eigenvalue weighted by Crippen LogP contribution is 2.48. The second kappa shape index (κ2) is 7.43. The molecule has 2 amide bonds. The van der Waals surface area contributed by atoms with E-state index in [1.54, 1.807) is 41.3 Å². The van der Waals surface area contributed by atoms with Crippen molar-refractivity contribution in [3.05, 3.63) is 71.0 Å². The topological polar surface area (TPSA) is 64.4 Å². The average molecular weight is 377 g/mol. The summed E-state index contributed by atoms with van der Waals surface area (Å²) in [5, 5.41) is 8.99. The first kappa shape index (κ1) is 18.2. The second-order valence-corrected chi connectivity index (χ2v) is 7.31. The molecule has 4 rings (SSSR count). The van der Waals surface area contributed by atoms with Gasteiger partial charge in [-0.05, 0) is 48.2 Å². The average Bonchev–Trinajstić information content (AvgIpc) is 3.54. The summed E-state index contributed by atoms with van der Waals surface area (Å²) in [7, 11) is 0. The van der Waals surface area contributed by atoms with Crippen LogP contribution in [0.25, 0.3) is 0 Å². The molecule has 0 aromatic heterocycles. The van der Waals surface area contributed by atoms with Gasteiger partial charge in [-0.15, -0.1) is 0 Å². The summed E-state index contributed by atoms with van der Waals surface area (Å²) in [6, 6.07) is 15.1. The monoisotopic (exact) mass is 377 g/mol. The zero-order valence-electron chi connectivity index (χ0n) is 15.3. The summed E-state index contributed by atoms with van der Waals surface area (Å²) < 4.78 is 13.1. The lowest BCUT2D eigenvalue weighted by atomic mass is 10.1. The van der Waals surface area contributed by atoms with Crippen molar-refractivity contribution < 1.29 is 14.0 Å². The molecule has 0 radical (unpaired) electrons. The maximum Gasteiger partial charge on any atom is 0.254 e. The lowest BCUT2D eigenvalue weighted by molar-refractivity contribution is -0.134. The number of amides is 2. The van der Waals surface area contributed by atoms with Gasteiger partial charge in [-0.3, -0.25) is 9.59 Å². The lowest BCUT2D eigenvalue weighted by Crippen LogP contribution is -2.51. The Morgan fingerprint density at radius 1 is 1.00 bits per heavy atom. The van der Waals surface area contributed by atoms with Crippen LogP contribution in [0.5, 0.6) is 0 Å². The van der Waals surface area contributed by atoms with Gasteiger partial charge in [-0.25, -0.2) is 4.39 Å². The molecule has 2 aromatic rings. The molecule has 0 N–H and O–H groups in total. The minimum atomic E-state index is -0.270. The number of nitriles is 1. The van der Waals surface area contributed by atoms with Gasteiger partial charge in [-0.2, -0.15) is 5.26 Å². The molecule has 1 saturated heterocycles. The van der Waals surface area contributed by atoms with E-state index in [0.717, 1.165) is 12.0 Å². The van der Waals surface area contributed by atoms with Gasteiger partial charge in [0.2, 0.25) is 5.91 Å². The molecule has 2 aromatic carbocycles. The molecule has 2 atom stereocenters. The number of halogens is 1. The normalized spacial score (nSPS) is 21.1. The molecule has 1 aliphatic carbocycles. The first-order chi connectivity index (χ1) is 13.6. The zero-order chi connectivity index (χ0) is 19.7. The van der Waals surface area contributed by atoms with Crippen LogP contribution in [-0.2, 0) is 4.79 Å². The first-order valence-corrected chi connectivity index (χ1v) is 9.40. The van der Waals surface area contributed by atoms with Gasteiger partial charge >= 0.3 is 0 Å². The summed E-state index contributed by atoms with van der Waals surface area (Å²) in [4.78, 5) is 28.9. The molecule has 2 unspecified atom stereocenters. The van der Waals surface area contributed by atoms with E-state index in [1.807, 2.05) is 11.0 Å². The maximum atomic E-state index is 13.1. The summed E-state index contributed by atoms with van der Waals surface area (Å²) in [5.41, 5.74) is 1.96. The molecule has 142 valence electrons. The highest BCUT2D eigenvalue weighted by molar-refractivity contribution is 5.94. The van der Waals surface area contributed by atoms with Crippen molar-refractivity contribution in [2.45, 2.75) is 12.3 Å². The number of benzene rings is 2. The number of carbonyl (C=O) groups is 2. The molecule has 1 heterocycles. The molecule has 5 nitrogen and oxygen atoms in total. The number of piperazine rings is 1. The third kappa shape index (κ3) is 3.61. The van der Waals surface area contributed by atoms with Crippen molar-refractivity contribution in [3.8, 4) is 6.07 Å². The van der Waals surface area contributed by atoms with E-state index in [0.29, 0.717) is 37.3 Å². The fraction of sp³-hybridized carbons (Fsp3) is 0.318. The van der Waals surface area contributed by atoms with Crippen LogP contribution >= 0.6 is 0 Å². The predicted octanol–water partition coefficient (Wildman–Crippen LogP) is 2.79. The van der Waals surface area contributed by atoms with Gasteiger partial charge in [0, 0.05) is 37.7 Å². The fourth-order valence-electron chi connectivity index (χ4n) is 3.82. The Morgan fingerprint density at radius 3 is 2.36 bits per heavy atom. The van der Waals surface area contributed by atoms with E-state index < -0.39 is 0 Å².